The third kappa shape index (κ3) is 3.37. The summed E-state index contributed by atoms with van der Waals surface area (Å²) in [4.78, 5) is 34.8. The van der Waals surface area contributed by atoms with E-state index in [2.05, 4.69) is 5.32 Å². The van der Waals surface area contributed by atoms with Crippen LogP contribution >= 0.6 is 11.6 Å². The molecular weight excluding hydrogens is 298 g/mol. The maximum Gasteiger partial charge on any atom is 0.273 e. The fourth-order valence-corrected chi connectivity index (χ4v) is 2.41. The molecule has 0 radical (unpaired) electrons. The fraction of sp³-hybridized carbons (Fsp3) is 0.385. The number of nitrogens with zero attached hydrogens (tertiary/aromatic N) is 2. The second kappa shape index (κ2) is 6.19. The van der Waals surface area contributed by atoms with E-state index in [-0.39, 0.29) is 30.5 Å². The topological polar surface area (TPSA) is 92.6 Å². The summed E-state index contributed by atoms with van der Waals surface area (Å²) >= 11 is 5.84. The molecule has 21 heavy (non-hydrogen) atoms. The van der Waals surface area contributed by atoms with Gasteiger partial charge in [0.2, 0.25) is 11.8 Å². The lowest BCUT2D eigenvalue weighted by atomic mass is 10.0. The molecule has 0 bridgehead atoms. The first kappa shape index (κ1) is 15.4. The number of hydrogen-bond donors (Lipinski definition) is 1. The molecule has 2 rings (SSSR count). The van der Waals surface area contributed by atoms with E-state index >= 15 is 0 Å². The second-order valence-corrected chi connectivity index (χ2v) is 5.23. The van der Waals surface area contributed by atoms with Gasteiger partial charge in [-0.2, -0.15) is 0 Å². The van der Waals surface area contributed by atoms with E-state index < -0.39 is 11.0 Å². The van der Waals surface area contributed by atoms with Gasteiger partial charge in [0.25, 0.3) is 5.69 Å². The van der Waals surface area contributed by atoms with Gasteiger partial charge in [-0.25, -0.2) is 0 Å². The van der Waals surface area contributed by atoms with Crippen LogP contribution in [0.4, 0.5) is 5.69 Å². The molecule has 1 aromatic carbocycles. The van der Waals surface area contributed by atoms with Crippen LogP contribution in [0.25, 0.3) is 0 Å². The number of piperidine rings is 1. The molecule has 7 nitrogen and oxygen atoms in total. The monoisotopic (exact) mass is 311 g/mol. The maximum absolute atomic E-state index is 11.9. The Kier molecular flexibility index (Phi) is 4.54. The van der Waals surface area contributed by atoms with Gasteiger partial charge in [-0.05, 0) is 18.6 Å². The Morgan fingerprint density at radius 3 is 2.86 bits per heavy atom. The Morgan fingerprint density at radius 2 is 2.19 bits per heavy atom. The Balaban J connectivity index is 2.10. The molecule has 8 heteroatoms. The molecule has 2 amide bonds. The molecule has 1 aliphatic heterocycles. The summed E-state index contributed by atoms with van der Waals surface area (Å²) in [5.41, 5.74) is 0.347. The van der Waals surface area contributed by atoms with Gasteiger partial charge < -0.3 is 5.32 Å². The standard InChI is InChI=1S/C13H14ClN3O4/c1-16-12(18)5-3-10(13(16)19)15-7-8-6-9(14)2-4-11(8)17(20)21/h2,4,6,10,15H,3,5,7H2,1H3. The smallest absolute Gasteiger partial charge is 0.273 e. The van der Waals surface area contributed by atoms with E-state index in [9.17, 15) is 19.7 Å². The highest BCUT2D eigenvalue weighted by molar-refractivity contribution is 6.30. The molecular formula is C13H14ClN3O4. The van der Waals surface area contributed by atoms with Gasteiger partial charge in [-0.3, -0.25) is 24.6 Å². The van der Waals surface area contributed by atoms with Gasteiger partial charge in [-0.15, -0.1) is 0 Å². The number of carbonyl (C=O) groups excluding carboxylic acids is 2. The van der Waals surface area contributed by atoms with E-state index in [1.807, 2.05) is 0 Å². The molecule has 1 heterocycles. The van der Waals surface area contributed by atoms with Gasteiger partial charge in [0.1, 0.15) is 0 Å². The molecule has 1 fully saturated rings. The number of rotatable bonds is 4. The third-order valence-corrected chi connectivity index (χ3v) is 3.66. The minimum atomic E-state index is -0.522. The molecule has 1 atom stereocenters. The van der Waals surface area contributed by atoms with Crippen molar-refractivity contribution in [1.29, 1.82) is 0 Å². The van der Waals surface area contributed by atoms with Crippen LogP contribution in [-0.4, -0.2) is 34.7 Å². The predicted octanol–water partition coefficient (Wildman–Crippen LogP) is 1.49. The van der Waals surface area contributed by atoms with Gasteiger partial charge >= 0.3 is 0 Å². The summed E-state index contributed by atoms with van der Waals surface area (Å²) in [6.45, 7) is 0.134. The number of likely N-dealkylation sites (tertiary alicyclic amines) is 1. The zero-order chi connectivity index (χ0) is 15.6. The number of nitro groups is 1. The fourth-order valence-electron chi connectivity index (χ4n) is 2.21. The van der Waals surface area contributed by atoms with Crippen molar-refractivity contribution in [2.45, 2.75) is 25.4 Å². The third-order valence-electron chi connectivity index (χ3n) is 3.43. The number of carbonyl (C=O) groups is 2. The van der Waals surface area contributed by atoms with Gasteiger partial charge in [0, 0.05) is 36.7 Å². The van der Waals surface area contributed by atoms with Crippen molar-refractivity contribution in [3.63, 3.8) is 0 Å². The van der Waals surface area contributed by atoms with Crippen LogP contribution in [0.15, 0.2) is 18.2 Å². The first-order valence-corrected chi connectivity index (χ1v) is 6.74. The molecule has 1 aliphatic rings. The number of hydrogen-bond acceptors (Lipinski definition) is 5. The predicted molar refractivity (Wildman–Crippen MR) is 75.7 cm³/mol. The van der Waals surface area contributed by atoms with Gasteiger partial charge in [-0.1, -0.05) is 11.6 Å². The van der Waals surface area contributed by atoms with Crippen molar-refractivity contribution in [1.82, 2.24) is 10.2 Å². The summed E-state index contributed by atoms with van der Waals surface area (Å²) in [5, 5.41) is 14.3. The zero-order valence-corrected chi connectivity index (χ0v) is 12.1. The molecule has 0 spiro atoms. The summed E-state index contributed by atoms with van der Waals surface area (Å²) in [6.07, 6.45) is 0.661. The molecule has 1 unspecified atom stereocenters. The van der Waals surface area contributed by atoms with Crippen molar-refractivity contribution < 1.29 is 14.5 Å². The van der Waals surface area contributed by atoms with Crippen LogP contribution < -0.4 is 5.32 Å². The number of nitrogens with one attached hydrogen (secondary N) is 1. The summed E-state index contributed by atoms with van der Waals surface area (Å²) in [7, 11) is 1.43. The number of nitro benzene ring substituents is 1. The summed E-state index contributed by atoms with van der Waals surface area (Å²) in [6, 6.07) is 3.75. The quantitative estimate of drug-likeness (QED) is 0.516. The zero-order valence-electron chi connectivity index (χ0n) is 11.3. The number of benzene rings is 1. The lowest BCUT2D eigenvalue weighted by molar-refractivity contribution is -0.385. The Bertz CT molecular complexity index is 605. The molecule has 0 aromatic heterocycles. The average Bonchev–Trinajstić information content (AvgIpc) is 2.44. The van der Waals surface area contributed by atoms with Crippen molar-refractivity contribution in [3.8, 4) is 0 Å². The summed E-state index contributed by atoms with van der Waals surface area (Å²) < 4.78 is 0. The molecule has 1 aromatic rings. The highest BCUT2D eigenvalue weighted by Crippen LogP contribution is 2.23. The van der Waals surface area contributed by atoms with E-state index in [0.717, 1.165) is 4.90 Å². The Labute approximate surface area is 126 Å². The molecule has 1 N–H and O–H groups in total. The first-order valence-electron chi connectivity index (χ1n) is 6.36. The van der Waals surface area contributed by atoms with E-state index in [1.54, 1.807) is 0 Å². The Hall–Kier alpha value is -1.99. The number of imide groups is 1. The second-order valence-electron chi connectivity index (χ2n) is 4.79. The number of amides is 2. The van der Waals surface area contributed by atoms with Crippen LogP contribution in [0, 0.1) is 10.1 Å². The lowest BCUT2D eigenvalue weighted by Gasteiger charge is -2.28. The van der Waals surface area contributed by atoms with Crippen molar-refractivity contribution in [2.24, 2.45) is 0 Å². The van der Waals surface area contributed by atoms with E-state index in [1.165, 1.54) is 25.2 Å². The van der Waals surface area contributed by atoms with Crippen molar-refractivity contribution in [3.05, 3.63) is 38.9 Å². The van der Waals surface area contributed by atoms with Crippen LogP contribution in [0.3, 0.4) is 0 Å². The molecule has 112 valence electrons. The van der Waals surface area contributed by atoms with Gasteiger partial charge in [0.05, 0.1) is 11.0 Å². The van der Waals surface area contributed by atoms with Crippen LogP contribution in [-0.2, 0) is 16.1 Å². The SMILES string of the molecule is CN1C(=O)CCC(NCc2cc(Cl)ccc2[N+](=O)[O-])C1=O. The molecule has 0 aliphatic carbocycles. The number of halogens is 1. The average molecular weight is 312 g/mol. The van der Waals surface area contributed by atoms with E-state index in [0.29, 0.717) is 17.0 Å². The van der Waals surface area contributed by atoms with Crippen LogP contribution in [0.1, 0.15) is 18.4 Å². The first-order chi connectivity index (χ1) is 9.90. The van der Waals surface area contributed by atoms with Crippen molar-refractivity contribution >= 4 is 29.1 Å². The minimum Gasteiger partial charge on any atom is -0.301 e. The van der Waals surface area contributed by atoms with E-state index in [4.69, 9.17) is 11.6 Å². The largest absolute Gasteiger partial charge is 0.301 e. The Morgan fingerprint density at radius 1 is 1.48 bits per heavy atom. The highest BCUT2D eigenvalue weighted by atomic mass is 35.5. The van der Waals surface area contributed by atoms with Crippen molar-refractivity contribution in [2.75, 3.05) is 7.05 Å². The van der Waals surface area contributed by atoms with Crippen LogP contribution in [0.2, 0.25) is 5.02 Å². The normalized spacial score (nSPS) is 19.0. The van der Waals surface area contributed by atoms with Crippen LogP contribution in [0.5, 0.6) is 0 Å². The van der Waals surface area contributed by atoms with Gasteiger partial charge in [0.15, 0.2) is 0 Å². The summed E-state index contributed by atoms with van der Waals surface area (Å²) in [5.74, 6) is -0.539. The minimum absolute atomic E-state index is 0.0559. The molecule has 0 saturated carbocycles. The number of likely N-dealkylation sites (N-methyl/N-ethyl adjacent to an activating group) is 1. The lowest BCUT2D eigenvalue weighted by Crippen LogP contribution is -2.51. The molecule has 1 saturated heterocycles. The highest BCUT2D eigenvalue weighted by Gasteiger charge is 2.31. The maximum atomic E-state index is 11.9.